The van der Waals surface area contributed by atoms with Gasteiger partial charge >= 0.3 is 0 Å². The number of hydrogen-bond acceptors (Lipinski definition) is 7. The molecular weight excluding hydrogens is 296 g/mol. The summed E-state index contributed by atoms with van der Waals surface area (Å²) in [6.07, 6.45) is 1.32. The Morgan fingerprint density at radius 3 is 2.86 bits per heavy atom. The van der Waals surface area contributed by atoms with E-state index >= 15 is 0 Å². The summed E-state index contributed by atoms with van der Waals surface area (Å²) < 4.78 is 31.2. The summed E-state index contributed by atoms with van der Waals surface area (Å²) in [4.78, 5) is -0.248. The van der Waals surface area contributed by atoms with Crippen molar-refractivity contribution in [2.75, 3.05) is 5.32 Å². The van der Waals surface area contributed by atoms with Gasteiger partial charge in [0.15, 0.2) is 0 Å². The maximum Gasteiger partial charge on any atom is 0.294 e. The van der Waals surface area contributed by atoms with E-state index in [1.165, 1.54) is 24.4 Å². The van der Waals surface area contributed by atoms with Crippen LogP contribution in [0.2, 0.25) is 0 Å². The first-order valence-electron chi connectivity index (χ1n) is 5.60. The number of hydrogen-bond donors (Lipinski definition) is 3. The number of tetrazole rings is 1. The monoisotopic (exact) mass is 306 g/mol. The van der Waals surface area contributed by atoms with Gasteiger partial charge in [0.05, 0.1) is 4.90 Å². The zero-order chi connectivity index (χ0) is 15.5. The van der Waals surface area contributed by atoms with Crippen LogP contribution in [-0.4, -0.2) is 33.6 Å². The number of aromatic amines is 1. The zero-order valence-corrected chi connectivity index (χ0v) is 11.6. The van der Waals surface area contributed by atoms with Gasteiger partial charge in [-0.25, -0.2) is 0 Å². The zero-order valence-electron chi connectivity index (χ0n) is 10.8. The molecule has 3 N–H and O–H groups in total. The van der Waals surface area contributed by atoms with Gasteiger partial charge < -0.3 is 5.32 Å². The third-order valence-corrected chi connectivity index (χ3v) is 3.44. The molecular formula is C11H10N6O3S. The highest BCUT2D eigenvalue weighted by molar-refractivity contribution is 7.85. The van der Waals surface area contributed by atoms with Crippen molar-refractivity contribution in [3.8, 4) is 6.07 Å². The number of benzene rings is 1. The van der Waals surface area contributed by atoms with Crippen molar-refractivity contribution in [3.63, 3.8) is 0 Å². The molecule has 2 rings (SSSR count). The fourth-order valence-corrected chi connectivity index (χ4v) is 2.00. The molecule has 0 saturated carbocycles. The third-order valence-electron chi connectivity index (χ3n) is 2.59. The number of anilines is 1. The highest BCUT2D eigenvalue weighted by Crippen LogP contribution is 2.20. The summed E-state index contributed by atoms with van der Waals surface area (Å²) in [5, 5.41) is 24.7. The van der Waals surface area contributed by atoms with Crippen LogP contribution >= 0.6 is 0 Å². The van der Waals surface area contributed by atoms with Gasteiger partial charge in [0.25, 0.3) is 10.1 Å². The largest absolute Gasteiger partial charge is 0.360 e. The number of allylic oxidation sites excluding steroid dienone is 1. The van der Waals surface area contributed by atoms with Crippen molar-refractivity contribution in [1.82, 2.24) is 20.6 Å². The number of nitriles is 1. The van der Waals surface area contributed by atoms with Crippen molar-refractivity contribution in [3.05, 3.63) is 35.8 Å². The molecule has 0 radical (unpaired) electrons. The molecule has 0 fully saturated rings. The van der Waals surface area contributed by atoms with Gasteiger partial charge in [-0.3, -0.25) is 4.55 Å². The molecule has 0 atom stereocenters. The van der Waals surface area contributed by atoms with Crippen LogP contribution in [0.15, 0.2) is 29.3 Å². The topological polar surface area (TPSA) is 145 Å². The van der Waals surface area contributed by atoms with E-state index in [0.29, 0.717) is 5.69 Å². The Bertz CT molecular complexity index is 820. The first-order chi connectivity index (χ1) is 9.91. The van der Waals surface area contributed by atoms with Crippen LogP contribution in [0, 0.1) is 18.3 Å². The lowest BCUT2D eigenvalue weighted by molar-refractivity contribution is 0.483. The first-order valence-corrected chi connectivity index (χ1v) is 7.04. The van der Waals surface area contributed by atoms with E-state index in [4.69, 9.17) is 9.81 Å². The van der Waals surface area contributed by atoms with E-state index in [1.807, 2.05) is 6.07 Å². The molecule has 10 heteroatoms. The first kappa shape index (κ1) is 14.6. The molecule has 0 aliphatic rings. The molecule has 1 aromatic carbocycles. The molecule has 0 amide bonds. The standard InChI is InChI=1S/C11H10N6O3S/c1-7-2-3-9(21(18,19)20)4-10(7)13-6-8(5-12)11-14-16-17-15-11/h2-4,6,13H,1H3,(H,18,19,20)(H,14,15,16,17). The number of aryl methyl sites for hydroxylation is 1. The Balaban J connectivity index is 2.34. The van der Waals surface area contributed by atoms with Crippen molar-refractivity contribution < 1.29 is 13.0 Å². The minimum atomic E-state index is -4.29. The van der Waals surface area contributed by atoms with Gasteiger partial charge in [-0.2, -0.15) is 18.9 Å². The van der Waals surface area contributed by atoms with Crippen molar-refractivity contribution in [2.45, 2.75) is 11.8 Å². The van der Waals surface area contributed by atoms with Crippen LogP contribution in [-0.2, 0) is 10.1 Å². The normalized spacial score (nSPS) is 12.0. The highest BCUT2D eigenvalue weighted by Gasteiger charge is 2.11. The average Bonchev–Trinajstić information content (AvgIpc) is 2.94. The van der Waals surface area contributed by atoms with E-state index in [9.17, 15) is 8.42 Å². The molecule has 1 heterocycles. The predicted octanol–water partition coefficient (Wildman–Crippen LogP) is 0.731. The van der Waals surface area contributed by atoms with Crippen LogP contribution < -0.4 is 5.32 Å². The highest BCUT2D eigenvalue weighted by atomic mass is 32.2. The fourth-order valence-electron chi connectivity index (χ4n) is 1.49. The molecule has 0 aliphatic heterocycles. The molecule has 108 valence electrons. The molecule has 1 aromatic heterocycles. The van der Waals surface area contributed by atoms with Crippen molar-refractivity contribution >= 4 is 21.4 Å². The second kappa shape index (κ2) is 5.70. The quantitative estimate of drug-likeness (QED) is 0.553. The lowest BCUT2D eigenvalue weighted by atomic mass is 10.2. The van der Waals surface area contributed by atoms with Crippen LogP contribution in [0.1, 0.15) is 11.4 Å². The SMILES string of the molecule is Cc1ccc(S(=O)(=O)O)cc1NC=C(C#N)c1nn[nH]n1. The molecule has 0 unspecified atom stereocenters. The molecule has 0 aliphatic carbocycles. The number of aromatic nitrogens is 4. The van der Waals surface area contributed by atoms with Crippen molar-refractivity contribution in [2.24, 2.45) is 0 Å². The summed E-state index contributed by atoms with van der Waals surface area (Å²) in [7, 11) is -4.29. The summed E-state index contributed by atoms with van der Waals surface area (Å²) in [5.74, 6) is 0.105. The fraction of sp³-hybridized carbons (Fsp3) is 0.0909. The summed E-state index contributed by atoms with van der Waals surface area (Å²) >= 11 is 0. The molecule has 0 saturated heterocycles. The minimum Gasteiger partial charge on any atom is -0.360 e. The van der Waals surface area contributed by atoms with Crippen molar-refractivity contribution in [1.29, 1.82) is 5.26 Å². The van der Waals surface area contributed by atoms with Crippen LogP contribution in [0.4, 0.5) is 5.69 Å². The molecule has 2 aromatic rings. The maximum absolute atomic E-state index is 11.1. The molecule has 9 nitrogen and oxygen atoms in total. The van der Waals surface area contributed by atoms with E-state index in [-0.39, 0.29) is 16.3 Å². The number of nitrogens with one attached hydrogen (secondary N) is 2. The lowest BCUT2D eigenvalue weighted by Crippen LogP contribution is -2.01. The van der Waals surface area contributed by atoms with Gasteiger partial charge in [-0.05, 0) is 29.8 Å². The third kappa shape index (κ3) is 3.41. The van der Waals surface area contributed by atoms with Gasteiger partial charge in [-0.15, -0.1) is 10.2 Å². The van der Waals surface area contributed by atoms with Gasteiger partial charge in [0.1, 0.15) is 11.6 Å². The Hall–Kier alpha value is -2.77. The molecule has 0 bridgehead atoms. The molecule has 21 heavy (non-hydrogen) atoms. The summed E-state index contributed by atoms with van der Waals surface area (Å²) in [6, 6.07) is 5.95. The summed E-state index contributed by atoms with van der Waals surface area (Å²) in [6.45, 7) is 1.74. The number of rotatable bonds is 4. The Kier molecular flexibility index (Phi) is 3.97. The van der Waals surface area contributed by atoms with Crippen LogP contribution in [0.25, 0.3) is 5.57 Å². The van der Waals surface area contributed by atoms with E-state index in [1.54, 1.807) is 6.92 Å². The Labute approximate surface area is 120 Å². The van der Waals surface area contributed by atoms with Gasteiger partial charge in [-0.1, -0.05) is 6.07 Å². The predicted molar refractivity (Wildman–Crippen MR) is 72.4 cm³/mol. The number of H-pyrrole nitrogens is 1. The second-order valence-corrected chi connectivity index (χ2v) is 5.42. The summed E-state index contributed by atoms with van der Waals surface area (Å²) in [5.41, 5.74) is 1.26. The average molecular weight is 306 g/mol. The smallest absolute Gasteiger partial charge is 0.294 e. The van der Waals surface area contributed by atoms with Crippen LogP contribution in [0.5, 0.6) is 0 Å². The maximum atomic E-state index is 11.1. The minimum absolute atomic E-state index is 0.105. The van der Waals surface area contributed by atoms with Gasteiger partial charge in [0.2, 0.25) is 5.82 Å². The lowest BCUT2D eigenvalue weighted by Gasteiger charge is -2.07. The van der Waals surface area contributed by atoms with Crippen LogP contribution in [0.3, 0.4) is 0 Å². The van der Waals surface area contributed by atoms with E-state index < -0.39 is 10.1 Å². The number of nitrogens with zero attached hydrogens (tertiary/aromatic N) is 4. The second-order valence-electron chi connectivity index (χ2n) is 4.00. The van der Waals surface area contributed by atoms with E-state index in [0.717, 1.165) is 5.56 Å². The Morgan fingerprint density at radius 2 is 2.29 bits per heavy atom. The Morgan fingerprint density at radius 1 is 1.52 bits per heavy atom. The van der Waals surface area contributed by atoms with Gasteiger partial charge in [0, 0.05) is 11.9 Å². The molecule has 0 spiro atoms. The van der Waals surface area contributed by atoms with E-state index in [2.05, 4.69) is 25.9 Å².